The number of ether oxygens (including phenoxy) is 16. The number of aromatic nitrogens is 2. The summed E-state index contributed by atoms with van der Waals surface area (Å²) in [5.74, 6) is 0.499. The van der Waals surface area contributed by atoms with Crippen LogP contribution in [0.5, 0.6) is 0 Å². The number of carbonyl (C=O) groups excluding carboxylic acids is 3. The Morgan fingerprint density at radius 1 is 0.500 bits per heavy atom. The second-order valence-corrected chi connectivity index (χ2v) is 21.8. The smallest absolute Gasteiger partial charge is 0.245 e. The molecule has 2 aromatic heterocycles. The summed E-state index contributed by atoms with van der Waals surface area (Å²) in [5, 5.41) is 6.89. The van der Waals surface area contributed by atoms with Gasteiger partial charge < -0.3 is 101 Å². The van der Waals surface area contributed by atoms with Crippen LogP contribution in [0.3, 0.4) is 0 Å². The largest absolute Gasteiger partial charge is 0.382 e. The first-order valence-corrected chi connectivity index (χ1v) is 33.1. The first-order valence-electron chi connectivity index (χ1n) is 32.3. The molecular weight excluding hydrogens is 1190 g/mol. The van der Waals surface area contributed by atoms with Crippen LogP contribution in [0.1, 0.15) is 51.9 Å². The number of thiazole rings is 1. The number of piperazine rings is 1. The molecule has 0 aliphatic carbocycles. The lowest BCUT2D eigenvalue weighted by Crippen LogP contribution is -2.55. The molecule has 2 fully saturated rings. The van der Waals surface area contributed by atoms with Crippen LogP contribution >= 0.6 is 11.3 Å². The summed E-state index contributed by atoms with van der Waals surface area (Å²) in [6, 6.07) is 9.81. The molecule has 512 valence electrons. The third-order valence-electron chi connectivity index (χ3n) is 14.0. The van der Waals surface area contributed by atoms with E-state index < -0.39 is 6.04 Å². The van der Waals surface area contributed by atoms with Gasteiger partial charge >= 0.3 is 0 Å². The molecule has 1 atom stereocenters. The van der Waals surface area contributed by atoms with Crippen molar-refractivity contribution in [2.24, 2.45) is 0 Å². The minimum absolute atomic E-state index is 0.0886. The predicted octanol–water partition coefficient (Wildman–Crippen LogP) is 4.07. The van der Waals surface area contributed by atoms with Gasteiger partial charge in [-0.15, -0.1) is 11.3 Å². The summed E-state index contributed by atoms with van der Waals surface area (Å²) in [7, 11) is 1.64. The van der Waals surface area contributed by atoms with Gasteiger partial charge in [0, 0.05) is 89.8 Å². The molecule has 1 aromatic carbocycles. The molecule has 0 radical (unpaired) electrons. The summed E-state index contributed by atoms with van der Waals surface area (Å²) in [4.78, 5) is 56.3. The van der Waals surface area contributed by atoms with E-state index in [1.165, 1.54) is 12.8 Å². The minimum Gasteiger partial charge on any atom is -0.382 e. The number of nitrogens with one attached hydrogen (secondary N) is 2. The fraction of sp³-hybridized carbons (Fsp3) is 0.762. The summed E-state index contributed by atoms with van der Waals surface area (Å²) in [6.07, 6.45) is 6.29. The number of carbonyl (C=O) groups is 3. The molecule has 2 aliphatic rings. The van der Waals surface area contributed by atoms with E-state index in [2.05, 4.69) is 50.8 Å². The van der Waals surface area contributed by atoms with Gasteiger partial charge in [-0.1, -0.05) is 0 Å². The second-order valence-electron chi connectivity index (χ2n) is 20.8. The number of anilines is 2. The Hall–Kier alpha value is -4.37. The molecule has 3 amide bonds. The third kappa shape index (κ3) is 35.6. The van der Waals surface area contributed by atoms with Crippen LogP contribution in [0.15, 0.2) is 36.5 Å². The van der Waals surface area contributed by atoms with E-state index in [9.17, 15) is 14.4 Å². The Kier molecular flexibility index (Phi) is 44.2. The lowest BCUT2D eigenvalue weighted by molar-refractivity contribution is -0.137. The lowest BCUT2D eigenvalue weighted by atomic mass is 10.1. The Bertz CT molecular complexity index is 2250. The molecular formula is C63H105N7O19S. The van der Waals surface area contributed by atoms with Crippen molar-refractivity contribution in [3.05, 3.63) is 36.5 Å². The Labute approximate surface area is 537 Å². The SMILES string of the molecule is CCOCCOCCOCCOCCOCCOCCOCCOCCC(=O)NC(CCCCNC(=O)CCOCCOCCOCCOCCOCCOCCOCCOC)C(=O)N1CCN(c2ccc3nc(-c4ccc(N5CCCC5)nc4)sc3c2)CC1. The van der Waals surface area contributed by atoms with Crippen molar-refractivity contribution >= 4 is 50.8 Å². The number of methoxy groups -OCH3 is 1. The third-order valence-corrected chi connectivity index (χ3v) is 15.1. The molecule has 5 rings (SSSR count). The molecule has 2 saturated heterocycles. The van der Waals surface area contributed by atoms with Gasteiger partial charge in [0.1, 0.15) is 16.9 Å². The zero-order valence-electron chi connectivity index (χ0n) is 53.8. The van der Waals surface area contributed by atoms with Crippen LogP contribution in [0.4, 0.5) is 11.5 Å². The van der Waals surface area contributed by atoms with Gasteiger partial charge in [-0.3, -0.25) is 14.4 Å². The topological polar surface area (TPSA) is 258 Å². The van der Waals surface area contributed by atoms with Crippen LogP contribution in [-0.4, -0.2) is 296 Å². The molecule has 4 heterocycles. The van der Waals surface area contributed by atoms with E-state index in [0.717, 1.165) is 45.4 Å². The second kappa shape index (κ2) is 52.1. The Morgan fingerprint density at radius 2 is 0.944 bits per heavy atom. The zero-order valence-corrected chi connectivity index (χ0v) is 54.6. The van der Waals surface area contributed by atoms with Crippen molar-refractivity contribution in [1.29, 1.82) is 0 Å². The maximum Gasteiger partial charge on any atom is 0.245 e. The maximum absolute atomic E-state index is 14.2. The molecule has 0 spiro atoms. The van der Waals surface area contributed by atoms with Gasteiger partial charge in [-0.05, 0) is 69.4 Å². The van der Waals surface area contributed by atoms with Crippen LogP contribution in [0.2, 0.25) is 0 Å². The fourth-order valence-electron chi connectivity index (χ4n) is 9.18. The maximum atomic E-state index is 14.2. The summed E-state index contributed by atoms with van der Waals surface area (Å²) in [5.41, 5.74) is 3.02. The number of nitrogens with zero attached hydrogens (tertiary/aromatic N) is 5. The van der Waals surface area contributed by atoms with E-state index in [1.54, 1.807) is 18.4 Å². The van der Waals surface area contributed by atoms with Crippen LogP contribution < -0.4 is 20.4 Å². The van der Waals surface area contributed by atoms with Gasteiger partial charge in [0.2, 0.25) is 17.7 Å². The normalized spacial score (nSPS) is 13.9. The lowest BCUT2D eigenvalue weighted by Gasteiger charge is -2.37. The average molecular weight is 1300 g/mol. The highest BCUT2D eigenvalue weighted by Crippen LogP contribution is 2.33. The van der Waals surface area contributed by atoms with Crippen LogP contribution in [0.25, 0.3) is 20.8 Å². The molecule has 2 N–H and O–H groups in total. The number of amides is 3. The van der Waals surface area contributed by atoms with Crippen molar-refractivity contribution in [2.75, 3.05) is 268 Å². The van der Waals surface area contributed by atoms with Crippen molar-refractivity contribution in [1.82, 2.24) is 25.5 Å². The molecule has 2 aliphatic heterocycles. The summed E-state index contributed by atoms with van der Waals surface area (Å²) >= 11 is 1.65. The quantitative estimate of drug-likeness (QED) is 0.0755. The van der Waals surface area contributed by atoms with Gasteiger partial charge in [-0.2, -0.15) is 0 Å². The number of benzene rings is 1. The van der Waals surface area contributed by atoms with Gasteiger partial charge in [0.15, 0.2) is 0 Å². The van der Waals surface area contributed by atoms with E-state index >= 15 is 0 Å². The predicted molar refractivity (Wildman–Crippen MR) is 341 cm³/mol. The highest BCUT2D eigenvalue weighted by atomic mass is 32.1. The summed E-state index contributed by atoms with van der Waals surface area (Å²) < 4.78 is 88.6. The van der Waals surface area contributed by atoms with E-state index in [1.807, 2.05) is 18.0 Å². The van der Waals surface area contributed by atoms with E-state index in [0.29, 0.717) is 244 Å². The average Bonchev–Trinajstić information content (AvgIpc) is 1.75. The highest BCUT2D eigenvalue weighted by molar-refractivity contribution is 7.21. The molecule has 26 nitrogen and oxygen atoms in total. The van der Waals surface area contributed by atoms with Crippen molar-refractivity contribution in [2.45, 2.75) is 57.9 Å². The molecule has 1 unspecified atom stereocenters. The first kappa shape index (κ1) is 76.3. The van der Waals surface area contributed by atoms with Crippen molar-refractivity contribution in [3.8, 4) is 10.6 Å². The van der Waals surface area contributed by atoms with Gasteiger partial charge in [0.05, 0.1) is 208 Å². The summed E-state index contributed by atoms with van der Waals surface area (Å²) in [6.45, 7) is 21.0. The van der Waals surface area contributed by atoms with Gasteiger partial charge in [0.25, 0.3) is 0 Å². The number of hydrogen-bond donors (Lipinski definition) is 2. The zero-order chi connectivity index (χ0) is 63.4. The molecule has 27 heteroatoms. The number of hydrogen-bond acceptors (Lipinski definition) is 24. The van der Waals surface area contributed by atoms with Crippen molar-refractivity contribution in [3.63, 3.8) is 0 Å². The molecule has 0 saturated carbocycles. The minimum atomic E-state index is -0.724. The number of unbranched alkanes of at least 4 members (excludes halogenated alkanes) is 1. The number of fused-ring (bicyclic) bond motifs is 1. The standard InChI is InChI=1S/C63H105N7O19S/c1-3-75-26-27-79-34-35-83-42-43-87-50-51-89-47-45-85-39-37-81-31-29-77-23-14-61(72)66-57(8-4-5-15-64-60(71)13-22-76-28-30-80-36-38-84-44-46-88-49-48-86-41-40-82-33-32-78-25-24-74-2)63(73)70-20-18-68(19-21-70)55-10-11-56-58(52-55)90-62(67-56)54-9-12-59(65-53-54)69-16-6-7-17-69/h9-12,52-53,57H,3-8,13-51H2,1-2H3,(H,64,71)(H,66,72). The Balaban J connectivity index is 0.907. The first-order chi connectivity index (χ1) is 44.4. The monoisotopic (exact) mass is 1300 g/mol. The Morgan fingerprint density at radius 3 is 1.39 bits per heavy atom. The van der Waals surface area contributed by atoms with Crippen molar-refractivity contribution < 1.29 is 90.2 Å². The van der Waals surface area contributed by atoms with E-state index in [-0.39, 0.29) is 43.8 Å². The number of pyridine rings is 1. The molecule has 3 aromatic rings. The number of rotatable bonds is 59. The van der Waals surface area contributed by atoms with Gasteiger partial charge in [-0.25, -0.2) is 9.97 Å². The van der Waals surface area contributed by atoms with E-state index in [4.69, 9.17) is 85.8 Å². The molecule has 0 bridgehead atoms. The van der Waals surface area contributed by atoms with Crippen LogP contribution in [0, 0.1) is 0 Å². The fourth-order valence-corrected chi connectivity index (χ4v) is 10.2. The highest BCUT2D eigenvalue weighted by Gasteiger charge is 2.29. The molecule has 90 heavy (non-hydrogen) atoms. The van der Waals surface area contributed by atoms with Crippen LogP contribution in [-0.2, 0) is 90.2 Å².